The Morgan fingerprint density at radius 1 is 1.25 bits per heavy atom. The third kappa shape index (κ3) is 4.80. The average molecular weight is 343 g/mol. The van der Waals surface area contributed by atoms with E-state index in [1.54, 1.807) is 7.11 Å². The minimum atomic E-state index is -0.242. The molecule has 1 amide bonds. The Labute approximate surface area is 129 Å². The Hall–Kier alpha value is -1.07. The lowest BCUT2D eigenvalue weighted by Gasteiger charge is -2.21. The van der Waals surface area contributed by atoms with Crippen molar-refractivity contribution in [2.45, 2.75) is 45.8 Å². The molecular weight excluding hydrogens is 320 g/mol. The summed E-state index contributed by atoms with van der Waals surface area (Å²) in [4.78, 5) is 11.9. The largest absolute Gasteiger partial charge is 0.496 e. The van der Waals surface area contributed by atoms with Gasteiger partial charge in [-0.2, -0.15) is 0 Å². The zero-order valence-electron chi connectivity index (χ0n) is 12.7. The molecule has 0 saturated carbocycles. The summed E-state index contributed by atoms with van der Waals surface area (Å²) in [7, 11) is 1.64. The van der Waals surface area contributed by atoms with Gasteiger partial charge in [0.1, 0.15) is 5.75 Å². The molecule has 0 heterocycles. The fraction of sp³-hybridized carbons (Fsp3) is 0.533. The van der Waals surface area contributed by atoms with E-state index in [0.29, 0.717) is 0 Å². The predicted molar refractivity (Wildman–Crippen MR) is 85.0 cm³/mol. The van der Waals surface area contributed by atoms with Gasteiger partial charge in [0.25, 0.3) is 0 Å². The lowest BCUT2D eigenvalue weighted by molar-refractivity contribution is -0.123. The first-order valence-electron chi connectivity index (χ1n) is 6.75. The van der Waals surface area contributed by atoms with Crippen molar-refractivity contribution in [3.63, 3.8) is 0 Å². The second-order valence-electron chi connectivity index (χ2n) is 5.17. The van der Waals surface area contributed by atoms with Crippen LogP contribution in [-0.4, -0.2) is 25.1 Å². The SMILES string of the molecule is COc1ccc([C@@H](C)N[C@H](C)C(=O)NC(C)C)cc1Br. The molecule has 112 valence electrons. The van der Waals surface area contributed by atoms with Crippen LogP contribution in [-0.2, 0) is 4.79 Å². The molecule has 2 atom stereocenters. The zero-order chi connectivity index (χ0) is 15.3. The number of hydrogen-bond donors (Lipinski definition) is 2. The molecule has 0 aromatic heterocycles. The highest BCUT2D eigenvalue weighted by atomic mass is 79.9. The van der Waals surface area contributed by atoms with E-state index in [4.69, 9.17) is 4.74 Å². The van der Waals surface area contributed by atoms with Crippen LogP contribution in [0.3, 0.4) is 0 Å². The minimum absolute atomic E-state index is 0.0134. The highest BCUT2D eigenvalue weighted by Crippen LogP contribution is 2.28. The summed E-state index contributed by atoms with van der Waals surface area (Å²) in [5.41, 5.74) is 1.10. The second-order valence-corrected chi connectivity index (χ2v) is 6.02. The standard InChI is InChI=1S/C15H23BrN2O2/c1-9(2)17-15(19)11(4)18-10(3)12-6-7-14(20-5)13(16)8-12/h6-11,18H,1-5H3,(H,17,19)/t10-,11-/m1/s1. The fourth-order valence-corrected chi connectivity index (χ4v) is 2.47. The number of methoxy groups -OCH3 is 1. The fourth-order valence-electron chi connectivity index (χ4n) is 1.91. The van der Waals surface area contributed by atoms with Gasteiger partial charge >= 0.3 is 0 Å². The van der Waals surface area contributed by atoms with Crippen LogP contribution >= 0.6 is 15.9 Å². The molecule has 0 unspecified atom stereocenters. The van der Waals surface area contributed by atoms with Gasteiger partial charge in [-0.25, -0.2) is 0 Å². The molecule has 0 aliphatic carbocycles. The van der Waals surface area contributed by atoms with Crippen LogP contribution in [0.25, 0.3) is 0 Å². The van der Waals surface area contributed by atoms with Crippen LogP contribution in [0, 0.1) is 0 Å². The van der Waals surface area contributed by atoms with Gasteiger partial charge in [0.15, 0.2) is 0 Å². The number of halogens is 1. The third-order valence-corrected chi connectivity index (χ3v) is 3.62. The number of nitrogens with one attached hydrogen (secondary N) is 2. The summed E-state index contributed by atoms with van der Waals surface area (Å²) in [5, 5.41) is 6.19. The number of carbonyl (C=O) groups is 1. The van der Waals surface area contributed by atoms with Crippen LogP contribution in [0.4, 0.5) is 0 Å². The van der Waals surface area contributed by atoms with Crippen LogP contribution in [0.2, 0.25) is 0 Å². The van der Waals surface area contributed by atoms with Crippen molar-refractivity contribution in [1.82, 2.24) is 10.6 Å². The summed E-state index contributed by atoms with van der Waals surface area (Å²) in [6.07, 6.45) is 0. The molecule has 0 spiro atoms. The molecule has 5 heteroatoms. The highest BCUT2D eigenvalue weighted by Gasteiger charge is 2.17. The quantitative estimate of drug-likeness (QED) is 0.835. The van der Waals surface area contributed by atoms with Gasteiger partial charge in [-0.1, -0.05) is 6.07 Å². The summed E-state index contributed by atoms with van der Waals surface area (Å²) >= 11 is 3.47. The summed E-state index contributed by atoms with van der Waals surface area (Å²) in [6.45, 7) is 7.81. The Bertz CT molecular complexity index is 463. The van der Waals surface area contributed by atoms with E-state index in [1.165, 1.54) is 0 Å². The van der Waals surface area contributed by atoms with Gasteiger partial charge in [-0.15, -0.1) is 0 Å². The van der Waals surface area contributed by atoms with Gasteiger partial charge in [0.2, 0.25) is 5.91 Å². The number of benzene rings is 1. The number of rotatable bonds is 6. The van der Waals surface area contributed by atoms with Crippen molar-refractivity contribution in [3.05, 3.63) is 28.2 Å². The van der Waals surface area contributed by atoms with Gasteiger partial charge < -0.3 is 10.1 Å². The van der Waals surface area contributed by atoms with Crippen molar-refractivity contribution < 1.29 is 9.53 Å². The number of amides is 1. The lowest BCUT2D eigenvalue weighted by Crippen LogP contribution is -2.45. The van der Waals surface area contributed by atoms with E-state index in [0.717, 1.165) is 15.8 Å². The Morgan fingerprint density at radius 2 is 1.90 bits per heavy atom. The van der Waals surface area contributed by atoms with E-state index in [-0.39, 0.29) is 24.0 Å². The van der Waals surface area contributed by atoms with E-state index >= 15 is 0 Å². The first-order chi connectivity index (χ1) is 9.35. The maximum Gasteiger partial charge on any atom is 0.237 e. The van der Waals surface area contributed by atoms with E-state index in [9.17, 15) is 4.79 Å². The maximum absolute atomic E-state index is 11.9. The smallest absolute Gasteiger partial charge is 0.237 e. The topological polar surface area (TPSA) is 50.4 Å². The monoisotopic (exact) mass is 342 g/mol. The molecule has 0 aliphatic heterocycles. The Kier molecular flexibility index (Phi) is 6.49. The molecule has 2 N–H and O–H groups in total. The summed E-state index contributed by atoms with van der Waals surface area (Å²) in [5.74, 6) is 0.811. The molecule has 1 aromatic carbocycles. The minimum Gasteiger partial charge on any atom is -0.496 e. The van der Waals surface area contributed by atoms with E-state index in [2.05, 4.69) is 26.6 Å². The Balaban J connectivity index is 2.68. The second kappa shape index (κ2) is 7.64. The Morgan fingerprint density at radius 3 is 2.40 bits per heavy atom. The number of ether oxygens (including phenoxy) is 1. The zero-order valence-corrected chi connectivity index (χ0v) is 14.2. The molecule has 0 saturated heterocycles. The first kappa shape index (κ1) is 17.0. The predicted octanol–water partition coefficient (Wildman–Crippen LogP) is 3.02. The van der Waals surface area contributed by atoms with Gasteiger partial charge in [0, 0.05) is 12.1 Å². The van der Waals surface area contributed by atoms with Crippen molar-refractivity contribution in [2.24, 2.45) is 0 Å². The van der Waals surface area contributed by atoms with Gasteiger partial charge in [-0.3, -0.25) is 10.1 Å². The van der Waals surface area contributed by atoms with Gasteiger partial charge in [0.05, 0.1) is 17.6 Å². The molecule has 20 heavy (non-hydrogen) atoms. The van der Waals surface area contributed by atoms with Crippen molar-refractivity contribution >= 4 is 21.8 Å². The molecule has 1 aromatic rings. The maximum atomic E-state index is 11.9. The van der Waals surface area contributed by atoms with Crippen LogP contribution in [0.5, 0.6) is 5.75 Å². The molecule has 0 aliphatic rings. The molecule has 4 nitrogen and oxygen atoms in total. The van der Waals surface area contributed by atoms with Crippen LogP contribution < -0.4 is 15.4 Å². The summed E-state index contributed by atoms with van der Waals surface area (Å²) < 4.78 is 6.12. The number of carbonyl (C=O) groups excluding carboxylic acids is 1. The van der Waals surface area contributed by atoms with E-state index < -0.39 is 0 Å². The van der Waals surface area contributed by atoms with Crippen molar-refractivity contribution in [2.75, 3.05) is 7.11 Å². The van der Waals surface area contributed by atoms with Gasteiger partial charge in [-0.05, 0) is 61.3 Å². The normalized spacial score (nSPS) is 13.9. The first-order valence-corrected chi connectivity index (χ1v) is 7.54. The molecule has 0 bridgehead atoms. The van der Waals surface area contributed by atoms with Crippen molar-refractivity contribution in [1.29, 1.82) is 0 Å². The van der Waals surface area contributed by atoms with Crippen LogP contribution in [0.15, 0.2) is 22.7 Å². The average Bonchev–Trinajstić information content (AvgIpc) is 2.37. The molecule has 0 fully saturated rings. The van der Waals surface area contributed by atoms with Crippen LogP contribution in [0.1, 0.15) is 39.3 Å². The molecule has 1 rings (SSSR count). The lowest BCUT2D eigenvalue weighted by atomic mass is 10.1. The molecular formula is C15H23BrN2O2. The van der Waals surface area contributed by atoms with Crippen molar-refractivity contribution in [3.8, 4) is 5.75 Å². The molecule has 0 radical (unpaired) electrons. The van der Waals surface area contributed by atoms with E-state index in [1.807, 2.05) is 45.9 Å². The highest BCUT2D eigenvalue weighted by molar-refractivity contribution is 9.10. The summed E-state index contributed by atoms with van der Waals surface area (Å²) in [6, 6.07) is 5.89. The number of hydrogen-bond acceptors (Lipinski definition) is 3. The third-order valence-electron chi connectivity index (χ3n) is 3.00.